The van der Waals surface area contributed by atoms with Gasteiger partial charge in [0.05, 0.1) is 7.11 Å². The van der Waals surface area contributed by atoms with Crippen LogP contribution in [0.15, 0.2) is 60.3 Å². The molecule has 2 aromatic rings. The lowest BCUT2D eigenvalue weighted by Crippen LogP contribution is -2.15. The molecule has 118 valence electrons. The average Bonchev–Trinajstić information content (AvgIpc) is 2.56. The van der Waals surface area contributed by atoms with Crippen molar-refractivity contribution in [1.29, 1.82) is 0 Å². The molecule has 0 atom stereocenters. The highest BCUT2D eigenvalue weighted by Gasteiger charge is 2.13. The van der Waals surface area contributed by atoms with Gasteiger partial charge in [-0.3, -0.25) is 4.79 Å². The number of ether oxygens (including phenoxy) is 1. The third kappa shape index (κ3) is 4.54. The number of esters is 1. The fourth-order valence-corrected chi connectivity index (χ4v) is 1.98. The van der Waals surface area contributed by atoms with Crippen LogP contribution in [0.1, 0.15) is 21.5 Å². The Hall–Kier alpha value is -2.88. The molecule has 0 bridgehead atoms. The number of rotatable bonds is 5. The number of ketones is 1. The molecule has 0 unspecified atom stereocenters. The van der Waals surface area contributed by atoms with Crippen molar-refractivity contribution in [2.75, 3.05) is 12.4 Å². The maximum atomic E-state index is 12.3. The Labute approximate surface area is 135 Å². The molecule has 4 heteroatoms. The van der Waals surface area contributed by atoms with Crippen LogP contribution in [0, 0.1) is 13.8 Å². The predicted molar refractivity (Wildman–Crippen MR) is 90.4 cm³/mol. The van der Waals surface area contributed by atoms with Crippen LogP contribution in [0.25, 0.3) is 0 Å². The molecule has 4 nitrogen and oxygen atoms in total. The van der Waals surface area contributed by atoms with Crippen molar-refractivity contribution >= 4 is 17.4 Å². The molecule has 0 aliphatic heterocycles. The first-order valence-electron chi connectivity index (χ1n) is 7.24. The molecule has 0 aliphatic carbocycles. The van der Waals surface area contributed by atoms with Crippen LogP contribution in [-0.2, 0) is 9.53 Å². The van der Waals surface area contributed by atoms with Crippen molar-refractivity contribution in [1.82, 2.24) is 0 Å². The number of carbonyl (C=O) groups excluding carboxylic acids is 2. The monoisotopic (exact) mass is 309 g/mol. The van der Waals surface area contributed by atoms with Gasteiger partial charge in [-0.1, -0.05) is 47.5 Å². The zero-order valence-corrected chi connectivity index (χ0v) is 13.4. The zero-order chi connectivity index (χ0) is 16.8. The molecule has 0 radical (unpaired) electrons. The van der Waals surface area contributed by atoms with Gasteiger partial charge in [-0.15, -0.1) is 0 Å². The lowest BCUT2D eigenvalue weighted by Gasteiger charge is -2.09. The van der Waals surface area contributed by atoms with E-state index in [1.165, 1.54) is 13.2 Å². The van der Waals surface area contributed by atoms with E-state index in [1.807, 2.05) is 50.2 Å². The van der Waals surface area contributed by atoms with Crippen molar-refractivity contribution in [3.63, 3.8) is 0 Å². The first kappa shape index (κ1) is 16.5. The number of allylic oxidation sites excluding steroid dienone is 1. The van der Waals surface area contributed by atoms with Gasteiger partial charge in [0.2, 0.25) is 0 Å². The maximum Gasteiger partial charge on any atom is 0.354 e. The molecule has 1 N–H and O–H groups in total. The number of methoxy groups -OCH3 is 1. The Morgan fingerprint density at radius 1 is 0.913 bits per heavy atom. The van der Waals surface area contributed by atoms with E-state index in [2.05, 4.69) is 5.32 Å². The maximum absolute atomic E-state index is 12.3. The Kier molecular flexibility index (Phi) is 5.31. The quantitative estimate of drug-likeness (QED) is 0.520. The molecule has 0 aromatic heterocycles. The second-order valence-electron chi connectivity index (χ2n) is 5.27. The van der Waals surface area contributed by atoms with Gasteiger partial charge in [-0.2, -0.15) is 0 Å². The van der Waals surface area contributed by atoms with E-state index >= 15 is 0 Å². The van der Waals surface area contributed by atoms with Crippen LogP contribution in [0.3, 0.4) is 0 Å². The lowest BCUT2D eigenvalue weighted by molar-refractivity contribution is -0.135. The average molecular weight is 309 g/mol. The molecule has 2 aromatic carbocycles. The summed E-state index contributed by atoms with van der Waals surface area (Å²) in [6.45, 7) is 3.92. The minimum absolute atomic E-state index is 0.0990. The molecule has 0 spiro atoms. The fraction of sp³-hybridized carbons (Fsp3) is 0.158. The van der Waals surface area contributed by atoms with Crippen molar-refractivity contribution in [3.8, 4) is 0 Å². The summed E-state index contributed by atoms with van der Waals surface area (Å²) in [5, 5.41) is 2.93. The molecule has 0 amide bonds. The van der Waals surface area contributed by atoms with E-state index in [-0.39, 0.29) is 11.5 Å². The third-order valence-electron chi connectivity index (χ3n) is 3.35. The van der Waals surface area contributed by atoms with Crippen molar-refractivity contribution < 1.29 is 14.3 Å². The van der Waals surface area contributed by atoms with Crippen LogP contribution in [-0.4, -0.2) is 18.9 Å². The Bertz CT molecular complexity index is 728. The van der Waals surface area contributed by atoms with Crippen LogP contribution >= 0.6 is 0 Å². The van der Waals surface area contributed by atoms with Gasteiger partial charge in [-0.05, 0) is 26.0 Å². The first-order valence-corrected chi connectivity index (χ1v) is 7.24. The smallest absolute Gasteiger partial charge is 0.354 e. The number of aryl methyl sites for hydroxylation is 2. The number of hydrogen-bond donors (Lipinski definition) is 1. The topological polar surface area (TPSA) is 55.4 Å². The standard InChI is InChI=1S/C19H19NO3/c1-13-4-8-15(9-5-13)18(21)12-17(19(22)23-3)20-16-10-6-14(2)7-11-16/h4-12,20H,1-3H3. The summed E-state index contributed by atoms with van der Waals surface area (Å²) in [6, 6.07) is 14.7. The van der Waals surface area contributed by atoms with E-state index in [4.69, 9.17) is 4.74 Å². The zero-order valence-electron chi connectivity index (χ0n) is 13.4. The minimum atomic E-state index is -0.592. The van der Waals surface area contributed by atoms with Crippen LogP contribution in [0.5, 0.6) is 0 Å². The number of carbonyl (C=O) groups is 2. The molecule has 0 aliphatic rings. The minimum Gasteiger partial charge on any atom is -0.464 e. The van der Waals surface area contributed by atoms with Gasteiger partial charge in [0.1, 0.15) is 5.70 Å². The molecule has 2 rings (SSSR count). The molecule has 0 heterocycles. The molecule has 0 fully saturated rings. The summed E-state index contributed by atoms with van der Waals surface area (Å²) in [6.07, 6.45) is 1.26. The van der Waals surface area contributed by atoms with Gasteiger partial charge in [0.25, 0.3) is 0 Å². The first-order chi connectivity index (χ1) is 11.0. The number of benzene rings is 2. The van der Waals surface area contributed by atoms with E-state index < -0.39 is 5.97 Å². The van der Waals surface area contributed by atoms with Crippen molar-refractivity contribution in [2.24, 2.45) is 0 Å². The summed E-state index contributed by atoms with van der Waals surface area (Å²) >= 11 is 0. The lowest BCUT2D eigenvalue weighted by atomic mass is 10.1. The highest BCUT2D eigenvalue weighted by atomic mass is 16.5. The van der Waals surface area contributed by atoms with Gasteiger partial charge < -0.3 is 10.1 Å². The largest absolute Gasteiger partial charge is 0.464 e. The van der Waals surface area contributed by atoms with E-state index in [1.54, 1.807) is 12.1 Å². The highest BCUT2D eigenvalue weighted by molar-refractivity contribution is 6.09. The fourth-order valence-electron chi connectivity index (χ4n) is 1.98. The van der Waals surface area contributed by atoms with E-state index in [0.29, 0.717) is 11.3 Å². The van der Waals surface area contributed by atoms with Crippen LogP contribution in [0.4, 0.5) is 5.69 Å². The second kappa shape index (κ2) is 7.40. The number of nitrogens with one attached hydrogen (secondary N) is 1. The third-order valence-corrected chi connectivity index (χ3v) is 3.35. The van der Waals surface area contributed by atoms with Crippen molar-refractivity contribution in [2.45, 2.75) is 13.8 Å². The molecule has 23 heavy (non-hydrogen) atoms. The number of anilines is 1. The highest BCUT2D eigenvalue weighted by Crippen LogP contribution is 2.13. The number of hydrogen-bond acceptors (Lipinski definition) is 4. The summed E-state index contributed by atoms with van der Waals surface area (Å²) in [7, 11) is 1.28. The van der Waals surface area contributed by atoms with Gasteiger partial charge >= 0.3 is 5.97 Å². The Morgan fingerprint density at radius 3 is 1.96 bits per heavy atom. The summed E-state index contributed by atoms with van der Waals surface area (Å²) in [5.74, 6) is -0.851. The van der Waals surface area contributed by atoms with Gasteiger partial charge in [0, 0.05) is 17.3 Å². The second-order valence-corrected chi connectivity index (χ2v) is 5.27. The summed E-state index contributed by atoms with van der Waals surface area (Å²) < 4.78 is 4.74. The van der Waals surface area contributed by atoms with Crippen LogP contribution in [0.2, 0.25) is 0 Å². The summed E-state index contributed by atoms with van der Waals surface area (Å²) in [4.78, 5) is 24.2. The van der Waals surface area contributed by atoms with Gasteiger partial charge in [0.15, 0.2) is 5.78 Å². The Morgan fingerprint density at radius 2 is 1.43 bits per heavy atom. The molecule has 0 saturated heterocycles. The van der Waals surface area contributed by atoms with E-state index in [0.717, 1.165) is 11.1 Å². The molecular formula is C19H19NO3. The van der Waals surface area contributed by atoms with Gasteiger partial charge in [-0.25, -0.2) is 4.79 Å². The van der Waals surface area contributed by atoms with E-state index in [9.17, 15) is 9.59 Å². The normalized spacial score (nSPS) is 11.0. The predicted octanol–water partition coefficient (Wildman–Crippen LogP) is 3.66. The van der Waals surface area contributed by atoms with Crippen molar-refractivity contribution in [3.05, 3.63) is 77.0 Å². The molecular weight excluding hydrogens is 290 g/mol. The molecule has 0 saturated carbocycles. The summed E-state index contributed by atoms with van der Waals surface area (Å²) in [5.41, 5.74) is 3.50. The Balaban J connectivity index is 2.26. The SMILES string of the molecule is COC(=O)C(=CC(=O)c1ccc(C)cc1)Nc1ccc(C)cc1. The van der Waals surface area contributed by atoms with Crippen LogP contribution < -0.4 is 5.32 Å².